The Morgan fingerprint density at radius 2 is 1.65 bits per heavy atom. The minimum atomic E-state index is -0.397. The van der Waals surface area contributed by atoms with Crippen LogP contribution < -0.4 is 24.0 Å². The van der Waals surface area contributed by atoms with E-state index < -0.39 is 5.92 Å². The van der Waals surface area contributed by atoms with Gasteiger partial charge in [-0.15, -0.1) is 11.8 Å². The SMILES string of the molecule is COc1ccc(N2C(=O)C3C(C2=O)[C@@H]2C[C@H]3C3Sc4[nH]c(=O)sc4[C@H](c4ccc(OCC(=O)N5CCCCC5)c(OC)c4)C32)cc1. The van der Waals surface area contributed by atoms with Crippen molar-refractivity contribution >= 4 is 46.5 Å². The van der Waals surface area contributed by atoms with Crippen LogP contribution in [0.2, 0.25) is 0 Å². The van der Waals surface area contributed by atoms with E-state index in [1.807, 2.05) is 23.1 Å². The minimum Gasteiger partial charge on any atom is -0.497 e. The van der Waals surface area contributed by atoms with Crippen LogP contribution in [-0.4, -0.2) is 66.8 Å². The van der Waals surface area contributed by atoms with Gasteiger partial charge in [-0.05, 0) is 85.4 Å². The largest absolute Gasteiger partial charge is 0.497 e. The highest BCUT2D eigenvalue weighted by atomic mass is 32.2. The number of anilines is 1. The maximum Gasteiger partial charge on any atom is 0.305 e. The first-order chi connectivity index (χ1) is 22.4. The third kappa shape index (κ3) is 4.58. The molecular weight excluding hydrogens is 627 g/mol. The molecule has 4 fully saturated rings. The zero-order chi connectivity index (χ0) is 31.7. The maximum atomic E-state index is 14.0. The fourth-order valence-corrected chi connectivity index (χ4v) is 11.6. The number of nitrogens with one attached hydrogen (secondary N) is 1. The van der Waals surface area contributed by atoms with Crippen molar-refractivity contribution < 1.29 is 28.6 Å². The smallest absolute Gasteiger partial charge is 0.305 e. The van der Waals surface area contributed by atoms with Crippen LogP contribution in [0.15, 0.2) is 52.3 Å². The van der Waals surface area contributed by atoms with E-state index in [0.717, 1.165) is 54.2 Å². The zero-order valence-corrected chi connectivity index (χ0v) is 27.2. The molecule has 2 saturated heterocycles. The van der Waals surface area contributed by atoms with Gasteiger partial charge >= 0.3 is 4.87 Å². The molecule has 2 aliphatic carbocycles. The number of likely N-dealkylation sites (tertiary alicyclic amines) is 1. The molecule has 1 N–H and O–H groups in total. The summed E-state index contributed by atoms with van der Waals surface area (Å²) in [5.74, 6) is 0.512. The van der Waals surface area contributed by atoms with E-state index in [1.54, 1.807) is 50.2 Å². The molecule has 3 aliphatic heterocycles. The van der Waals surface area contributed by atoms with Crippen molar-refractivity contribution in [2.24, 2.45) is 29.6 Å². The number of amides is 3. The molecule has 2 saturated carbocycles. The quantitative estimate of drug-likeness (QED) is 0.368. The van der Waals surface area contributed by atoms with E-state index in [-0.39, 0.29) is 64.0 Å². The van der Waals surface area contributed by atoms with Crippen LogP contribution in [0.25, 0.3) is 0 Å². The molecule has 4 unspecified atom stereocenters. The van der Waals surface area contributed by atoms with Crippen molar-refractivity contribution in [1.82, 2.24) is 9.88 Å². The summed E-state index contributed by atoms with van der Waals surface area (Å²) < 4.78 is 17.0. The molecule has 4 heterocycles. The summed E-state index contributed by atoms with van der Waals surface area (Å²) in [5.41, 5.74) is 1.53. The number of carbonyl (C=O) groups excluding carboxylic acids is 3. The van der Waals surface area contributed by atoms with Gasteiger partial charge in [0, 0.05) is 29.1 Å². The number of carbonyl (C=O) groups is 3. The van der Waals surface area contributed by atoms with E-state index in [1.165, 1.54) is 16.2 Å². The summed E-state index contributed by atoms with van der Waals surface area (Å²) in [6.07, 6.45) is 3.98. The van der Waals surface area contributed by atoms with Gasteiger partial charge in [-0.1, -0.05) is 17.4 Å². The number of methoxy groups -OCH3 is 2. The fraction of sp³-hybridized carbons (Fsp3) is 0.471. The van der Waals surface area contributed by atoms with E-state index in [4.69, 9.17) is 14.2 Å². The van der Waals surface area contributed by atoms with Crippen LogP contribution >= 0.6 is 23.1 Å². The number of fused-ring (bicyclic) bond motifs is 9. The highest BCUT2D eigenvalue weighted by Crippen LogP contribution is 2.68. The van der Waals surface area contributed by atoms with Crippen molar-refractivity contribution in [2.45, 2.75) is 41.9 Å². The van der Waals surface area contributed by atoms with Crippen LogP contribution in [0.5, 0.6) is 17.2 Å². The van der Waals surface area contributed by atoms with Crippen LogP contribution in [0.3, 0.4) is 0 Å². The van der Waals surface area contributed by atoms with E-state index in [0.29, 0.717) is 22.9 Å². The molecule has 2 aromatic carbocycles. The van der Waals surface area contributed by atoms with Gasteiger partial charge in [-0.25, -0.2) is 0 Å². The van der Waals surface area contributed by atoms with E-state index in [2.05, 4.69) is 4.98 Å². The third-order valence-electron chi connectivity index (χ3n) is 10.7. The first-order valence-electron chi connectivity index (χ1n) is 15.9. The van der Waals surface area contributed by atoms with Crippen molar-refractivity contribution in [3.8, 4) is 17.2 Å². The molecule has 240 valence electrons. The number of ether oxygens (including phenoxy) is 3. The predicted molar refractivity (Wildman–Crippen MR) is 173 cm³/mol. The lowest BCUT2D eigenvalue weighted by molar-refractivity contribution is -0.134. The second-order valence-electron chi connectivity index (χ2n) is 12.8. The average molecular weight is 662 g/mol. The second kappa shape index (κ2) is 11.5. The Bertz CT molecular complexity index is 1760. The van der Waals surface area contributed by atoms with Crippen LogP contribution in [0.4, 0.5) is 5.69 Å². The third-order valence-corrected chi connectivity index (χ3v) is 13.2. The highest BCUT2D eigenvalue weighted by molar-refractivity contribution is 8.00. The molecule has 2 bridgehead atoms. The first-order valence-corrected chi connectivity index (χ1v) is 17.6. The molecule has 0 spiro atoms. The molecule has 3 aromatic rings. The summed E-state index contributed by atoms with van der Waals surface area (Å²) in [4.78, 5) is 60.5. The average Bonchev–Trinajstić information content (AvgIpc) is 3.82. The maximum absolute atomic E-state index is 14.0. The van der Waals surface area contributed by atoms with Gasteiger partial charge in [0.2, 0.25) is 11.8 Å². The molecule has 8 rings (SSSR count). The van der Waals surface area contributed by atoms with Gasteiger partial charge in [0.1, 0.15) is 5.75 Å². The molecule has 10 nitrogen and oxygen atoms in total. The van der Waals surface area contributed by atoms with Gasteiger partial charge < -0.3 is 24.1 Å². The monoisotopic (exact) mass is 661 g/mol. The van der Waals surface area contributed by atoms with Gasteiger partial charge in [0.05, 0.1) is 36.8 Å². The van der Waals surface area contributed by atoms with Crippen LogP contribution in [0.1, 0.15) is 42.0 Å². The molecule has 1 aromatic heterocycles. The number of thiazole rings is 1. The lowest BCUT2D eigenvalue weighted by Gasteiger charge is -2.43. The lowest BCUT2D eigenvalue weighted by Crippen LogP contribution is -2.42. The number of piperidine rings is 1. The van der Waals surface area contributed by atoms with E-state index >= 15 is 0 Å². The summed E-state index contributed by atoms with van der Waals surface area (Å²) in [6, 6.07) is 12.8. The highest BCUT2D eigenvalue weighted by Gasteiger charge is 2.69. The molecular formula is C34H35N3O7S2. The van der Waals surface area contributed by atoms with Gasteiger partial charge in [0.25, 0.3) is 5.91 Å². The Kier molecular flexibility index (Phi) is 7.39. The fourth-order valence-electron chi connectivity index (χ4n) is 8.75. The molecule has 0 radical (unpaired) electrons. The summed E-state index contributed by atoms with van der Waals surface area (Å²) in [6.45, 7) is 1.47. The topological polar surface area (TPSA) is 118 Å². The molecule has 7 atom stereocenters. The van der Waals surface area contributed by atoms with Crippen LogP contribution in [0, 0.1) is 29.6 Å². The number of aromatic nitrogens is 1. The van der Waals surface area contributed by atoms with Crippen molar-refractivity contribution in [1.29, 1.82) is 0 Å². The first kappa shape index (κ1) is 29.6. The number of H-pyrrole nitrogens is 1. The molecule has 5 aliphatic rings. The van der Waals surface area contributed by atoms with Crippen LogP contribution in [-0.2, 0) is 14.4 Å². The van der Waals surface area contributed by atoms with Crippen molar-refractivity contribution in [3.05, 3.63) is 62.6 Å². The number of imide groups is 1. The Morgan fingerprint density at radius 1 is 0.913 bits per heavy atom. The Labute approximate surface area is 274 Å². The van der Waals surface area contributed by atoms with E-state index in [9.17, 15) is 19.2 Å². The molecule has 3 amide bonds. The number of benzene rings is 2. The summed E-state index contributed by atoms with van der Waals surface area (Å²) in [7, 11) is 3.16. The summed E-state index contributed by atoms with van der Waals surface area (Å²) >= 11 is 2.88. The standard InChI is InChI=1S/C34H35N3O7S2/c1-42-19-9-7-18(8-10-19)37-32(39)27-20-15-21(28(27)33(37)40)29-26(20)25(30-31(45-29)35-34(41)46-30)17-6-11-22(23(14-17)43-2)44-16-24(38)36-12-4-3-5-13-36/h6-11,14,20-21,25-29H,3-5,12-13,15-16H2,1-2H3,(H,35,41)/t20-,21-,25-,26?,27?,28?,29?/m1/s1. The number of nitrogens with zero attached hydrogens (tertiary/aromatic N) is 2. The minimum absolute atomic E-state index is 0.00774. The van der Waals surface area contributed by atoms with Gasteiger partial charge in [-0.2, -0.15) is 0 Å². The normalized spacial score (nSPS) is 29.4. The predicted octanol–water partition coefficient (Wildman–Crippen LogP) is 4.52. The number of hydrogen-bond acceptors (Lipinski definition) is 9. The Balaban J connectivity index is 1.11. The number of aromatic amines is 1. The van der Waals surface area contributed by atoms with Gasteiger partial charge in [0.15, 0.2) is 18.1 Å². The molecule has 12 heteroatoms. The number of rotatable bonds is 7. The van der Waals surface area contributed by atoms with Crippen molar-refractivity contribution in [2.75, 3.05) is 38.8 Å². The van der Waals surface area contributed by atoms with Gasteiger partial charge in [-0.3, -0.25) is 24.1 Å². The summed E-state index contributed by atoms with van der Waals surface area (Å²) in [5, 5.41) is 0.922. The molecule has 46 heavy (non-hydrogen) atoms. The second-order valence-corrected chi connectivity index (χ2v) is 15.0. The number of thioether (sulfide) groups is 1. The number of hydrogen-bond donors (Lipinski definition) is 1. The Morgan fingerprint density at radius 3 is 2.37 bits per heavy atom. The zero-order valence-electron chi connectivity index (χ0n) is 25.6. The Hall–Kier alpha value is -3.77. The van der Waals surface area contributed by atoms with Crippen molar-refractivity contribution in [3.63, 3.8) is 0 Å². The lowest BCUT2D eigenvalue weighted by atomic mass is 9.68.